The lowest BCUT2D eigenvalue weighted by atomic mass is 10.0. The van der Waals surface area contributed by atoms with Crippen molar-refractivity contribution in [2.24, 2.45) is 0 Å². The van der Waals surface area contributed by atoms with Crippen LogP contribution in [0.25, 0.3) is 0 Å². The molecule has 15 heavy (non-hydrogen) atoms. The molecule has 0 aliphatic rings. The zero-order valence-corrected chi connectivity index (χ0v) is 10.3. The standard InChI is InChI=1S/C11H24N2O2/c1-5-11(4,15)9-12-8-10(14)13(6-2)7-3/h12,15H,5-9H2,1-4H3. The Morgan fingerprint density at radius 3 is 2.27 bits per heavy atom. The van der Waals surface area contributed by atoms with E-state index >= 15 is 0 Å². The fourth-order valence-electron chi connectivity index (χ4n) is 1.25. The Morgan fingerprint density at radius 1 is 1.33 bits per heavy atom. The molecule has 90 valence electrons. The van der Waals surface area contributed by atoms with Gasteiger partial charge in [-0.1, -0.05) is 6.92 Å². The van der Waals surface area contributed by atoms with Crippen LogP contribution in [-0.2, 0) is 4.79 Å². The highest BCUT2D eigenvalue weighted by molar-refractivity contribution is 5.78. The second kappa shape index (κ2) is 6.80. The van der Waals surface area contributed by atoms with Crippen molar-refractivity contribution in [3.05, 3.63) is 0 Å². The third-order valence-corrected chi connectivity index (χ3v) is 2.66. The lowest BCUT2D eigenvalue weighted by molar-refractivity contribution is -0.130. The highest BCUT2D eigenvalue weighted by atomic mass is 16.3. The van der Waals surface area contributed by atoms with Crippen LogP contribution in [0.2, 0.25) is 0 Å². The first kappa shape index (κ1) is 14.4. The first-order chi connectivity index (χ1) is 6.96. The summed E-state index contributed by atoms with van der Waals surface area (Å²) >= 11 is 0. The smallest absolute Gasteiger partial charge is 0.236 e. The molecule has 0 fully saturated rings. The molecule has 0 saturated heterocycles. The zero-order valence-electron chi connectivity index (χ0n) is 10.3. The van der Waals surface area contributed by atoms with Gasteiger partial charge in [-0.2, -0.15) is 0 Å². The van der Waals surface area contributed by atoms with Crippen molar-refractivity contribution in [3.63, 3.8) is 0 Å². The predicted octanol–water partition coefficient (Wildman–Crippen LogP) is 0.605. The van der Waals surface area contributed by atoms with E-state index in [2.05, 4.69) is 5.32 Å². The van der Waals surface area contributed by atoms with Gasteiger partial charge in [0.15, 0.2) is 0 Å². The summed E-state index contributed by atoms with van der Waals surface area (Å²) in [6, 6.07) is 0. The number of aliphatic hydroxyl groups is 1. The molecule has 0 aromatic carbocycles. The fraction of sp³-hybridized carbons (Fsp3) is 0.909. The van der Waals surface area contributed by atoms with E-state index < -0.39 is 5.60 Å². The van der Waals surface area contributed by atoms with Gasteiger partial charge in [-0.25, -0.2) is 0 Å². The van der Waals surface area contributed by atoms with E-state index in [1.807, 2.05) is 20.8 Å². The molecule has 0 aromatic rings. The Labute approximate surface area is 92.7 Å². The van der Waals surface area contributed by atoms with Crippen LogP contribution >= 0.6 is 0 Å². The monoisotopic (exact) mass is 216 g/mol. The van der Waals surface area contributed by atoms with Crippen LogP contribution in [0.4, 0.5) is 0 Å². The van der Waals surface area contributed by atoms with Gasteiger partial charge < -0.3 is 15.3 Å². The van der Waals surface area contributed by atoms with Crippen molar-refractivity contribution in [1.29, 1.82) is 0 Å². The van der Waals surface area contributed by atoms with Crippen LogP contribution in [0.5, 0.6) is 0 Å². The first-order valence-electron chi connectivity index (χ1n) is 5.67. The lowest BCUT2D eigenvalue weighted by Crippen LogP contribution is -2.43. The molecule has 0 spiro atoms. The van der Waals surface area contributed by atoms with E-state index in [9.17, 15) is 9.90 Å². The summed E-state index contributed by atoms with van der Waals surface area (Å²) in [5.41, 5.74) is -0.719. The molecule has 0 radical (unpaired) electrons. The van der Waals surface area contributed by atoms with Crippen LogP contribution in [0.3, 0.4) is 0 Å². The maximum Gasteiger partial charge on any atom is 0.236 e. The Morgan fingerprint density at radius 2 is 1.87 bits per heavy atom. The van der Waals surface area contributed by atoms with Gasteiger partial charge in [-0.05, 0) is 27.2 Å². The highest BCUT2D eigenvalue weighted by Gasteiger charge is 2.17. The topological polar surface area (TPSA) is 52.6 Å². The average Bonchev–Trinajstić information content (AvgIpc) is 2.19. The van der Waals surface area contributed by atoms with Crippen LogP contribution in [0.1, 0.15) is 34.1 Å². The molecule has 0 bridgehead atoms. The van der Waals surface area contributed by atoms with Crippen molar-refractivity contribution in [1.82, 2.24) is 10.2 Å². The number of nitrogens with zero attached hydrogens (tertiary/aromatic N) is 1. The van der Waals surface area contributed by atoms with Gasteiger partial charge >= 0.3 is 0 Å². The Hall–Kier alpha value is -0.610. The van der Waals surface area contributed by atoms with E-state index in [0.717, 1.165) is 13.1 Å². The minimum Gasteiger partial charge on any atom is -0.389 e. The summed E-state index contributed by atoms with van der Waals surface area (Å²) in [4.78, 5) is 13.3. The molecule has 4 heteroatoms. The van der Waals surface area contributed by atoms with Crippen molar-refractivity contribution in [3.8, 4) is 0 Å². The summed E-state index contributed by atoms with van der Waals surface area (Å²) in [6.07, 6.45) is 0.680. The summed E-state index contributed by atoms with van der Waals surface area (Å²) in [7, 11) is 0. The first-order valence-corrected chi connectivity index (χ1v) is 5.67. The van der Waals surface area contributed by atoms with Gasteiger partial charge in [0.1, 0.15) is 0 Å². The number of nitrogens with one attached hydrogen (secondary N) is 1. The molecule has 0 rings (SSSR count). The Balaban J connectivity index is 3.81. The number of hydrogen-bond donors (Lipinski definition) is 2. The van der Waals surface area contributed by atoms with Crippen molar-refractivity contribution in [2.45, 2.75) is 39.7 Å². The highest BCUT2D eigenvalue weighted by Crippen LogP contribution is 2.05. The maximum atomic E-state index is 11.6. The van der Waals surface area contributed by atoms with E-state index in [1.54, 1.807) is 11.8 Å². The summed E-state index contributed by atoms with van der Waals surface area (Å²) in [5.74, 6) is 0.0897. The summed E-state index contributed by atoms with van der Waals surface area (Å²) in [5, 5.41) is 12.7. The van der Waals surface area contributed by atoms with Crippen molar-refractivity contribution < 1.29 is 9.90 Å². The van der Waals surface area contributed by atoms with Gasteiger partial charge in [-0.15, -0.1) is 0 Å². The molecule has 4 nitrogen and oxygen atoms in total. The second-order valence-electron chi connectivity index (χ2n) is 4.02. The third kappa shape index (κ3) is 5.74. The van der Waals surface area contributed by atoms with Crippen LogP contribution in [0, 0.1) is 0 Å². The van der Waals surface area contributed by atoms with Crippen LogP contribution < -0.4 is 5.32 Å². The van der Waals surface area contributed by atoms with Gasteiger partial charge in [-0.3, -0.25) is 4.79 Å². The Kier molecular flexibility index (Phi) is 6.52. The fourth-order valence-corrected chi connectivity index (χ4v) is 1.25. The molecule has 1 unspecified atom stereocenters. The molecular weight excluding hydrogens is 192 g/mol. The van der Waals surface area contributed by atoms with E-state index in [0.29, 0.717) is 19.5 Å². The van der Waals surface area contributed by atoms with E-state index in [-0.39, 0.29) is 5.91 Å². The summed E-state index contributed by atoms with van der Waals surface area (Å²) < 4.78 is 0. The van der Waals surface area contributed by atoms with E-state index in [1.165, 1.54) is 0 Å². The quantitative estimate of drug-likeness (QED) is 0.655. The number of amides is 1. The zero-order chi connectivity index (χ0) is 11.9. The Bertz CT molecular complexity index is 189. The number of rotatable bonds is 7. The molecule has 2 N–H and O–H groups in total. The SMILES string of the molecule is CCN(CC)C(=O)CNCC(C)(O)CC. The van der Waals surface area contributed by atoms with Crippen LogP contribution in [-0.4, -0.2) is 47.7 Å². The van der Waals surface area contributed by atoms with Crippen molar-refractivity contribution >= 4 is 5.91 Å². The van der Waals surface area contributed by atoms with Gasteiger partial charge in [0.05, 0.1) is 12.1 Å². The molecule has 0 heterocycles. The number of hydrogen-bond acceptors (Lipinski definition) is 3. The number of carbonyl (C=O) groups excluding carboxylic acids is 1. The molecule has 0 aliphatic carbocycles. The molecular formula is C11H24N2O2. The average molecular weight is 216 g/mol. The largest absolute Gasteiger partial charge is 0.389 e. The minimum absolute atomic E-state index is 0.0897. The summed E-state index contributed by atoms with van der Waals surface area (Å²) in [6.45, 7) is 9.85. The lowest BCUT2D eigenvalue weighted by Gasteiger charge is -2.23. The van der Waals surface area contributed by atoms with Gasteiger partial charge in [0, 0.05) is 19.6 Å². The maximum absolute atomic E-state index is 11.6. The van der Waals surface area contributed by atoms with Gasteiger partial charge in [0.2, 0.25) is 5.91 Å². The normalized spacial score (nSPS) is 14.7. The van der Waals surface area contributed by atoms with Crippen molar-refractivity contribution in [2.75, 3.05) is 26.2 Å². The number of carbonyl (C=O) groups is 1. The number of likely N-dealkylation sites (N-methyl/N-ethyl adjacent to an activating group) is 1. The molecule has 0 saturated carbocycles. The predicted molar refractivity (Wildman–Crippen MR) is 61.7 cm³/mol. The molecule has 1 amide bonds. The second-order valence-corrected chi connectivity index (χ2v) is 4.02. The third-order valence-electron chi connectivity index (χ3n) is 2.66. The molecule has 1 atom stereocenters. The minimum atomic E-state index is -0.719. The van der Waals surface area contributed by atoms with Crippen LogP contribution in [0.15, 0.2) is 0 Å². The molecule has 0 aliphatic heterocycles. The van der Waals surface area contributed by atoms with E-state index in [4.69, 9.17) is 0 Å². The molecule has 0 aromatic heterocycles. The van der Waals surface area contributed by atoms with Gasteiger partial charge in [0.25, 0.3) is 0 Å².